The van der Waals surface area contributed by atoms with Crippen LogP contribution in [0.1, 0.15) is 16.5 Å². The van der Waals surface area contributed by atoms with Crippen molar-refractivity contribution in [2.75, 3.05) is 0 Å². The Bertz CT molecular complexity index is 453. The van der Waals surface area contributed by atoms with Crippen LogP contribution in [-0.2, 0) is 0 Å². The molecule has 0 amide bonds. The molecule has 1 atom stereocenters. The molecule has 0 aliphatic carbocycles. The predicted octanol–water partition coefficient (Wildman–Crippen LogP) is 4.35. The first kappa shape index (κ1) is 11.3. The number of benzene rings is 1. The van der Waals surface area contributed by atoms with Crippen LogP contribution in [0, 0.1) is 0 Å². The lowest BCUT2D eigenvalue weighted by Crippen LogP contribution is -1.96. The summed E-state index contributed by atoms with van der Waals surface area (Å²) < 4.78 is 1.92. The number of hydrogen-bond donors (Lipinski definition) is 1. The molecule has 1 unspecified atom stereocenters. The van der Waals surface area contributed by atoms with Gasteiger partial charge in [0.1, 0.15) is 6.10 Å². The zero-order valence-corrected chi connectivity index (χ0v) is 11.6. The van der Waals surface area contributed by atoms with Gasteiger partial charge in [0.05, 0.1) is 4.88 Å². The highest BCUT2D eigenvalue weighted by Crippen LogP contribution is 2.38. The predicted molar refractivity (Wildman–Crippen MR) is 70.2 cm³/mol. The molecule has 1 N–H and O–H groups in total. The van der Waals surface area contributed by atoms with Gasteiger partial charge in [0.2, 0.25) is 0 Å². The maximum atomic E-state index is 10.1. The van der Waals surface area contributed by atoms with Crippen molar-refractivity contribution < 1.29 is 5.11 Å². The summed E-state index contributed by atoms with van der Waals surface area (Å²) in [6.45, 7) is 0. The largest absolute Gasteiger partial charge is 0.383 e. The lowest BCUT2D eigenvalue weighted by atomic mass is 10.1. The zero-order valence-electron chi connectivity index (χ0n) is 7.65. The Morgan fingerprint density at radius 2 is 1.80 bits per heavy atom. The fraction of sp³-hybridized carbons (Fsp3) is 0.0909. The maximum Gasteiger partial charge on any atom is 0.114 e. The normalized spacial score (nSPS) is 12.7. The van der Waals surface area contributed by atoms with Gasteiger partial charge in [-0.2, -0.15) is 0 Å². The van der Waals surface area contributed by atoms with E-state index in [1.807, 2.05) is 35.7 Å². The van der Waals surface area contributed by atoms with Crippen molar-refractivity contribution in [2.45, 2.75) is 6.10 Å². The molecule has 1 aromatic heterocycles. The molecule has 15 heavy (non-hydrogen) atoms. The molecule has 0 fully saturated rings. The number of aliphatic hydroxyl groups excluding tert-OH is 1. The van der Waals surface area contributed by atoms with E-state index >= 15 is 0 Å². The van der Waals surface area contributed by atoms with Gasteiger partial charge in [-0.3, -0.25) is 0 Å². The van der Waals surface area contributed by atoms with Crippen LogP contribution < -0.4 is 0 Å². The zero-order chi connectivity index (χ0) is 10.8. The molecule has 2 rings (SSSR count). The average molecular weight is 348 g/mol. The van der Waals surface area contributed by atoms with Gasteiger partial charge in [0.25, 0.3) is 0 Å². The molecule has 4 heteroatoms. The highest BCUT2D eigenvalue weighted by Gasteiger charge is 2.16. The van der Waals surface area contributed by atoms with Crippen LogP contribution in [0.15, 0.2) is 44.7 Å². The highest BCUT2D eigenvalue weighted by molar-refractivity contribution is 9.13. The van der Waals surface area contributed by atoms with Crippen molar-refractivity contribution in [3.05, 3.63) is 55.1 Å². The smallest absolute Gasteiger partial charge is 0.114 e. The Labute approximate surface area is 109 Å². The van der Waals surface area contributed by atoms with E-state index in [1.54, 1.807) is 0 Å². The van der Waals surface area contributed by atoms with Gasteiger partial charge in [-0.15, -0.1) is 11.3 Å². The summed E-state index contributed by atoms with van der Waals surface area (Å²) in [5.74, 6) is 0. The van der Waals surface area contributed by atoms with Crippen LogP contribution in [0.5, 0.6) is 0 Å². The Hall–Kier alpha value is -0.160. The van der Waals surface area contributed by atoms with Crippen molar-refractivity contribution in [3.8, 4) is 0 Å². The lowest BCUT2D eigenvalue weighted by molar-refractivity contribution is 0.223. The van der Waals surface area contributed by atoms with Crippen LogP contribution in [0.25, 0.3) is 0 Å². The summed E-state index contributed by atoms with van der Waals surface area (Å²) in [5.41, 5.74) is 0.910. The second-order valence-electron chi connectivity index (χ2n) is 3.08. The minimum atomic E-state index is -0.558. The van der Waals surface area contributed by atoms with Crippen LogP contribution in [0.3, 0.4) is 0 Å². The Morgan fingerprint density at radius 3 is 2.33 bits per heavy atom. The van der Waals surface area contributed by atoms with Gasteiger partial charge in [-0.25, -0.2) is 0 Å². The summed E-state index contributed by atoms with van der Waals surface area (Å²) in [6, 6.07) is 9.63. The van der Waals surface area contributed by atoms with Crippen LogP contribution >= 0.6 is 43.2 Å². The second-order valence-corrected chi connectivity index (χ2v) is 5.63. The van der Waals surface area contributed by atoms with E-state index in [2.05, 4.69) is 31.9 Å². The summed E-state index contributed by atoms with van der Waals surface area (Å²) in [4.78, 5) is 0.924. The molecule has 1 aromatic carbocycles. The molecule has 0 aliphatic heterocycles. The molecule has 78 valence electrons. The summed E-state index contributed by atoms with van der Waals surface area (Å²) >= 11 is 8.40. The van der Waals surface area contributed by atoms with Crippen molar-refractivity contribution in [3.63, 3.8) is 0 Å². The molecule has 1 nitrogen and oxygen atoms in total. The number of halogens is 2. The number of hydrogen-bond acceptors (Lipinski definition) is 2. The van der Waals surface area contributed by atoms with Crippen LogP contribution in [0.2, 0.25) is 0 Å². The number of rotatable bonds is 2. The molecule has 0 bridgehead atoms. The summed E-state index contributed by atoms with van der Waals surface area (Å²) in [6.07, 6.45) is -0.558. The van der Waals surface area contributed by atoms with E-state index < -0.39 is 6.10 Å². The first-order valence-corrected chi connectivity index (χ1v) is 6.82. The summed E-state index contributed by atoms with van der Waals surface area (Å²) in [5, 5.41) is 12.1. The quantitative estimate of drug-likeness (QED) is 0.855. The molecular formula is C11H8Br2OS. The van der Waals surface area contributed by atoms with Crippen LogP contribution in [-0.4, -0.2) is 5.11 Å². The average Bonchev–Trinajstić information content (AvgIpc) is 2.60. The Morgan fingerprint density at radius 1 is 1.13 bits per heavy atom. The van der Waals surface area contributed by atoms with Gasteiger partial charge < -0.3 is 5.11 Å². The van der Waals surface area contributed by atoms with Crippen LogP contribution in [0.4, 0.5) is 0 Å². The Kier molecular flexibility index (Phi) is 3.61. The van der Waals surface area contributed by atoms with E-state index in [9.17, 15) is 5.11 Å². The van der Waals surface area contributed by atoms with E-state index in [4.69, 9.17) is 0 Å². The highest BCUT2D eigenvalue weighted by atomic mass is 79.9. The molecule has 0 spiro atoms. The Balaban J connectivity index is 2.37. The van der Waals surface area contributed by atoms with E-state index in [0.29, 0.717) is 0 Å². The molecular weight excluding hydrogens is 340 g/mol. The molecule has 0 saturated heterocycles. The second kappa shape index (κ2) is 4.78. The molecule has 0 aliphatic rings. The monoisotopic (exact) mass is 346 g/mol. The van der Waals surface area contributed by atoms with E-state index in [-0.39, 0.29) is 0 Å². The maximum absolute atomic E-state index is 10.1. The minimum Gasteiger partial charge on any atom is -0.383 e. The van der Waals surface area contributed by atoms with Gasteiger partial charge >= 0.3 is 0 Å². The fourth-order valence-corrected chi connectivity index (χ4v) is 3.52. The molecule has 0 radical (unpaired) electrons. The minimum absolute atomic E-state index is 0.558. The standard InChI is InChI=1S/C11H8Br2OS/c12-8-6-15-11(9(8)13)10(14)7-4-2-1-3-5-7/h1-6,10,14H. The van der Waals surface area contributed by atoms with Crippen molar-refractivity contribution in [1.29, 1.82) is 0 Å². The third-order valence-electron chi connectivity index (χ3n) is 2.08. The fourth-order valence-electron chi connectivity index (χ4n) is 1.31. The lowest BCUT2D eigenvalue weighted by Gasteiger charge is -2.09. The van der Waals surface area contributed by atoms with Gasteiger partial charge in [0, 0.05) is 14.3 Å². The third kappa shape index (κ3) is 2.33. The van der Waals surface area contributed by atoms with Crippen molar-refractivity contribution in [1.82, 2.24) is 0 Å². The molecule has 0 saturated carbocycles. The van der Waals surface area contributed by atoms with Gasteiger partial charge in [-0.05, 0) is 37.4 Å². The van der Waals surface area contributed by atoms with E-state index in [1.165, 1.54) is 11.3 Å². The van der Waals surface area contributed by atoms with Crippen molar-refractivity contribution >= 4 is 43.2 Å². The summed E-state index contributed by atoms with van der Waals surface area (Å²) in [7, 11) is 0. The first-order valence-electron chi connectivity index (χ1n) is 4.35. The molecule has 2 aromatic rings. The van der Waals surface area contributed by atoms with Gasteiger partial charge in [0.15, 0.2) is 0 Å². The topological polar surface area (TPSA) is 20.2 Å². The van der Waals surface area contributed by atoms with Gasteiger partial charge in [-0.1, -0.05) is 30.3 Å². The number of thiophene rings is 1. The SMILES string of the molecule is OC(c1ccccc1)c1scc(Br)c1Br. The van der Waals surface area contributed by atoms with Crippen molar-refractivity contribution in [2.24, 2.45) is 0 Å². The van der Waals surface area contributed by atoms with E-state index in [0.717, 1.165) is 19.4 Å². The number of aliphatic hydroxyl groups is 1. The third-order valence-corrected chi connectivity index (χ3v) is 5.69. The first-order chi connectivity index (χ1) is 7.20. The molecule has 1 heterocycles.